The molecule has 0 aromatic heterocycles. The van der Waals surface area contributed by atoms with Gasteiger partial charge in [0.05, 0.1) is 14.2 Å². The Morgan fingerprint density at radius 1 is 1.19 bits per heavy atom. The lowest BCUT2D eigenvalue weighted by Gasteiger charge is -2.28. The summed E-state index contributed by atoms with van der Waals surface area (Å²) in [6, 6.07) is 6.23. The fourth-order valence-corrected chi connectivity index (χ4v) is 4.26. The minimum atomic E-state index is -0.816. The summed E-state index contributed by atoms with van der Waals surface area (Å²) in [7, 11) is 2.92. The maximum Gasteiger partial charge on any atom is 0.408 e. The predicted molar refractivity (Wildman–Crippen MR) is 119 cm³/mol. The lowest BCUT2D eigenvalue weighted by molar-refractivity contribution is -0.151. The summed E-state index contributed by atoms with van der Waals surface area (Å²) in [5.41, 5.74) is 0.388. The molecule has 0 unspecified atom stereocenters. The van der Waals surface area contributed by atoms with Crippen molar-refractivity contribution in [3.8, 4) is 5.75 Å². The van der Waals surface area contributed by atoms with E-state index < -0.39 is 29.7 Å². The summed E-state index contributed by atoms with van der Waals surface area (Å²) in [6.45, 7) is 5.73. The molecular weight excluding hydrogens is 420 g/mol. The predicted octanol–water partition coefficient (Wildman–Crippen LogP) is 2.99. The molecule has 0 spiro atoms. The highest BCUT2D eigenvalue weighted by atomic mass is 32.2. The van der Waals surface area contributed by atoms with Gasteiger partial charge in [0.15, 0.2) is 0 Å². The van der Waals surface area contributed by atoms with Gasteiger partial charge in [-0.05, 0) is 51.3 Å². The van der Waals surface area contributed by atoms with E-state index in [1.165, 1.54) is 23.8 Å². The van der Waals surface area contributed by atoms with Gasteiger partial charge in [0.2, 0.25) is 5.91 Å². The zero-order valence-electron chi connectivity index (χ0n) is 18.8. The molecule has 0 aliphatic carbocycles. The Labute approximate surface area is 188 Å². The number of methoxy groups -OCH3 is 2. The third-order valence-corrected chi connectivity index (χ3v) is 5.82. The number of benzene rings is 1. The highest BCUT2D eigenvalue weighted by Gasteiger charge is 2.38. The smallest absolute Gasteiger partial charge is 0.408 e. The van der Waals surface area contributed by atoms with Crippen molar-refractivity contribution in [2.75, 3.05) is 26.5 Å². The van der Waals surface area contributed by atoms with Crippen LogP contribution < -0.4 is 10.1 Å². The second-order valence-electron chi connectivity index (χ2n) is 8.27. The zero-order valence-corrected chi connectivity index (χ0v) is 19.6. The summed E-state index contributed by atoms with van der Waals surface area (Å²) >= 11 is 1.52. The quantitative estimate of drug-likeness (QED) is 0.606. The maximum atomic E-state index is 13.2. The molecule has 1 N–H and O–H groups in total. The summed E-state index contributed by atoms with van der Waals surface area (Å²) < 4.78 is 15.3. The number of nitrogens with one attached hydrogen (secondary N) is 1. The molecule has 1 saturated heterocycles. The molecule has 0 bridgehead atoms. The van der Waals surface area contributed by atoms with Crippen LogP contribution in [0.5, 0.6) is 5.75 Å². The third kappa shape index (κ3) is 7.65. The van der Waals surface area contributed by atoms with Gasteiger partial charge in [0.25, 0.3) is 0 Å². The van der Waals surface area contributed by atoms with Gasteiger partial charge in [-0.15, -0.1) is 0 Å². The largest absolute Gasteiger partial charge is 0.497 e. The van der Waals surface area contributed by atoms with Crippen molar-refractivity contribution >= 4 is 29.7 Å². The summed E-state index contributed by atoms with van der Waals surface area (Å²) in [5, 5.41) is 2.69. The summed E-state index contributed by atoms with van der Waals surface area (Å²) in [6.07, 6.45) is 0.602. The van der Waals surface area contributed by atoms with Crippen LogP contribution in [-0.2, 0) is 24.8 Å². The molecule has 1 aliphatic rings. The van der Waals surface area contributed by atoms with Gasteiger partial charge in [0.1, 0.15) is 23.4 Å². The van der Waals surface area contributed by atoms with E-state index in [-0.39, 0.29) is 5.91 Å². The van der Waals surface area contributed by atoms with Crippen LogP contribution in [0.4, 0.5) is 4.79 Å². The van der Waals surface area contributed by atoms with Crippen LogP contribution in [0.1, 0.15) is 39.2 Å². The molecule has 1 aliphatic heterocycles. The Hall–Kier alpha value is -2.42. The van der Waals surface area contributed by atoms with Gasteiger partial charge < -0.3 is 24.4 Å². The molecule has 2 amide bonds. The Morgan fingerprint density at radius 3 is 2.45 bits per heavy atom. The van der Waals surface area contributed by atoms with Crippen LogP contribution in [-0.4, -0.2) is 67.1 Å². The van der Waals surface area contributed by atoms with E-state index in [1.54, 1.807) is 27.9 Å². The van der Waals surface area contributed by atoms with Crippen molar-refractivity contribution in [2.45, 2.75) is 57.1 Å². The number of esters is 1. The minimum absolute atomic E-state index is 0.305. The first-order valence-corrected chi connectivity index (χ1v) is 11.4. The molecule has 2 atom stereocenters. The summed E-state index contributed by atoms with van der Waals surface area (Å²) in [5.74, 6) is 1.03. The fraction of sp³-hybridized carbons (Fsp3) is 0.591. The number of nitrogens with zero attached hydrogens (tertiary/aromatic N) is 1. The van der Waals surface area contributed by atoms with E-state index >= 15 is 0 Å². The van der Waals surface area contributed by atoms with E-state index in [0.717, 1.165) is 11.3 Å². The molecule has 8 nitrogen and oxygen atoms in total. The molecule has 0 saturated carbocycles. The van der Waals surface area contributed by atoms with Crippen LogP contribution in [0.2, 0.25) is 0 Å². The van der Waals surface area contributed by atoms with Crippen molar-refractivity contribution in [2.24, 2.45) is 0 Å². The van der Waals surface area contributed by atoms with Crippen molar-refractivity contribution in [1.29, 1.82) is 0 Å². The van der Waals surface area contributed by atoms with E-state index in [4.69, 9.17) is 14.2 Å². The Morgan fingerprint density at radius 2 is 1.87 bits per heavy atom. The van der Waals surface area contributed by atoms with Crippen molar-refractivity contribution < 1.29 is 28.6 Å². The first-order valence-electron chi connectivity index (χ1n) is 10.2. The lowest BCUT2D eigenvalue weighted by Crippen LogP contribution is -2.53. The molecule has 172 valence electrons. The van der Waals surface area contributed by atoms with Gasteiger partial charge in [-0.2, -0.15) is 11.8 Å². The van der Waals surface area contributed by atoms with Crippen molar-refractivity contribution in [1.82, 2.24) is 10.2 Å². The zero-order chi connectivity index (χ0) is 23.0. The fourth-order valence-electron chi connectivity index (χ4n) is 3.25. The van der Waals surface area contributed by atoms with Crippen LogP contribution in [0.15, 0.2) is 24.3 Å². The van der Waals surface area contributed by atoms with Crippen LogP contribution in [0, 0.1) is 0 Å². The normalized spacial score (nSPS) is 17.1. The van der Waals surface area contributed by atoms with Crippen LogP contribution >= 0.6 is 11.8 Å². The first kappa shape index (κ1) is 24.8. The number of likely N-dealkylation sites (tertiary alicyclic amines) is 1. The molecule has 0 radical (unpaired) electrons. The Kier molecular flexibility index (Phi) is 9.03. The van der Waals surface area contributed by atoms with E-state index in [1.807, 2.05) is 24.3 Å². The van der Waals surface area contributed by atoms with E-state index in [2.05, 4.69) is 5.32 Å². The van der Waals surface area contributed by atoms with Gasteiger partial charge in [-0.1, -0.05) is 12.1 Å². The number of carbonyl (C=O) groups excluding carboxylic acids is 3. The number of amides is 2. The Balaban J connectivity index is 2.06. The second-order valence-corrected chi connectivity index (χ2v) is 9.31. The van der Waals surface area contributed by atoms with Crippen molar-refractivity contribution in [3.05, 3.63) is 29.8 Å². The number of hydrogen-bond acceptors (Lipinski definition) is 7. The molecule has 1 aromatic rings. The SMILES string of the molecule is COC(=O)[C@@H]1CCCN1C(=O)[C@H](CSCc1ccc(OC)cc1)NC(=O)OC(C)(C)C. The summed E-state index contributed by atoms with van der Waals surface area (Å²) in [4.78, 5) is 39.1. The highest BCUT2D eigenvalue weighted by molar-refractivity contribution is 7.98. The highest BCUT2D eigenvalue weighted by Crippen LogP contribution is 2.22. The van der Waals surface area contributed by atoms with E-state index in [0.29, 0.717) is 30.9 Å². The van der Waals surface area contributed by atoms with Crippen LogP contribution in [0.25, 0.3) is 0 Å². The second kappa shape index (κ2) is 11.3. The van der Waals surface area contributed by atoms with Gasteiger partial charge in [-0.25, -0.2) is 9.59 Å². The third-order valence-electron chi connectivity index (χ3n) is 4.71. The first-order chi connectivity index (χ1) is 14.6. The number of ether oxygens (including phenoxy) is 3. The number of thioether (sulfide) groups is 1. The monoisotopic (exact) mass is 452 g/mol. The Bertz CT molecular complexity index is 762. The number of hydrogen-bond donors (Lipinski definition) is 1. The average molecular weight is 453 g/mol. The molecule has 1 heterocycles. The molecule has 1 aromatic carbocycles. The van der Waals surface area contributed by atoms with Gasteiger partial charge in [0, 0.05) is 18.1 Å². The van der Waals surface area contributed by atoms with Crippen molar-refractivity contribution in [3.63, 3.8) is 0 Å². The molecule has 9 heteroatoms. The average Bonchev–Trinajstić information content (AvgIpc) is 3.21. The maximum absolute atomic E-state index is 13.2. The molecule has 2 rings (SSSR count). The van der Waals surface area contributed by atoms with E-state index in [9.17, 15) is 14.4 Å². The van der Waals surface area contributed by atoms with Gasteiger partial charge in [-0.3, -0.25) is 4.79 Å². The minimum Gasteiger partial charge on any atom is -0.497 e. The molecule has 31 heavy (non-hydrogen) atoms. The lowest BCUT2D eigenvalue weighted by atomic mass is 10.2. The standard InChI is InChI=1S/C22H32N2O6S/c1-22(2,3)30-21(27)23-17(14-31-13-15-8-10-16(28-4)11-9-15)19(25)24-12-6-7-18(24)20(26)29-5/h8-11,17-18H,6-7,12-14H2,1-5H3,(H,23,27)/t17-,18-/m0/s1. The molecule has 1 fully saturated rings. The van der Waals surface area contributed by atoms with Crippen LogP contribution in [0.3, 0.4) is 0 Å². The number of carbonyl (C=O) groups is 3. The molecular formula is C22H32N2O6S. The topological polar surface area (TPSA) is 94.2 Å². The number of rotatable bonds is 8. The number of alkyl carbamates (subject to hydrolysis) is 1. The van der Waals surface area contributed by atoms with Gasteiger partial charge >= 0.3 is 12.1 Å².